The molecule has 0 spiro atoms. The monoisotopic (exact) mass is 340 g/mol. The van der Waals surface area contributed by atoms with Gasteiger partial charge in [0.2, 0.25) is 5.78 Å². The lowest BCUT2D eigenvalue weighted by molar-refractivity contribution is 0.104. The normalized spacial score (nSPS) is 11.0. The minimum Gasteiger partial charge on any atom is -0.288 e. The van der Waals surface area contributed by atoms with Gasteiger partial charge in [0.15, 0.2) is 0 Å². The highest BCUT2D eigenvalue weighted by Crippen LogP contribution is 2.31. The molecule has 0 unspecified atom stereocenters. The molecule has 1 nitrogen and oxygen atoms in total. The van der Waals surface area contributed by atoms with Crippen LogP contribution in [0.15, 0.2) is 39.5 Å². The molecule has 5 heteroatoms. The summed E-state index contributed by atoms with van der Waals surface area (Å²) in [6, 6.07) is 6.31. The predicted octanol–water partition coefficient (Wildman–Crippen LogP) is 5.10. The van der Waals surface area contributed by atoms with Crippen molar-refractivity contribution in [3.63, 3.8) is 0 Å². The molecule has 0 amide bonds. The van der Waals surface area contributed by atoms with Gasteiger partial charge in [-0.05, 0) is 45.6 Å². The molecule has 0 fully saturated rings. The Hall–Kier alpha value is -1.04. The number of fused-ring (bicyclic) bond motifs is 1. The lowest BCUT2D eigenvalue weighted by Gasteiger charge is -1.93. The molecule has 18 heavy (non-hydrogen) atoms. The molecule has 0 radical (unpaired) electrons. The van der Waals surface area contributed by atoms with Crippen LogP contribution in [0.3, 0.4) is 0 Å². The third kappa shape index (κ3) is 2.02. The summed E-state index contributed by atoms with van der Waals surface area (Å²) in [6.45, 7) is 0. The minimum absolute atomic E-state index is 0.0234. The molecule has 0 bridgehead atoms. The maximum atomic E-state index is 13.1. The zero-order valence-corrected chi connectivity index (χ0v) is 12.2. The zero-order chi connectivity index (χ0) is 12.7. The molecule has 3 aromatic rings. The number of hydrogen-bond acceptors (Lipinski definition) is 3. The number of rotatable bonds is 2. The Morgan fingerprint density at radius 3 is 2.78 bits per heavy atom. The molecular formula is C13H6BrFOS2. The molecule has 0 aliphatic carbocycles. The molecule has 90 valence electrons. The van der Waals surface area contributed by atoms with Gasteiger partial charge >= 0.3 is 0 Å². The molecule has 2 heterocycles. The van der Waals surface area contributed by atoms with Gasteiger partial charge in [-0.15, -0.1) is 11.3 Å². The van der Waals surface area contributed by atoms with Crippen LogP contribution in [0.2, 0.25) is 0 Å². The molecule has 1 aromatic carbocycles. The van der Waals surface area contributed by atoms with Crippen LogP contribution in [0.1, 0.15) is 15.2 Å². The maximum Gasteiger partial charge on any atom is 0.204 e. The molecule has 0 saturated heterocycles. The second-order valence-corrected chi connectivity index (χ2v) is 6.44. The van der Waals surface area contributed by atoms with E-state index < -0.39 is 0 Å². The van der Waals surface area contributed by atoms with Gasteiger partial charge in [0, 0.05) is 25.5 Å². The lowest BCUT2D eigenvalue weighted by Crippen LogP contribution is -1.96. The van der Waals surface area contributed by atoms with Crippen LogP contribution < -0.4 is 0 Å². The van der Waals surface area contributed by atoms with E-state index >= 15 is 0 Å². The molecule has 3 rings (SSSR count). The average Bonchev–Trinajstić information content (AvgIpc) is 2.93. The van der Waals surface area contributed by atoms with Gasteiger partial charge in [-0.3, -0.25) is 4.79 Å². The average molecular weight is 341 g/mol. The Balaban J connectivity index is 2.10. The van der Waals surface area contributed by atoms with Crippen molar-refractivity contribution in [3.8, 4) is 0 Å². The van der Waals surface area contributed by atoms with Crippen molar-refractivity contribution >= 4 is 54.5 Å². The third-order valence-corrected chi connectivity index (χ3v) is 5.38. The largest absolute Gasteiger partial charge is 0.288 e. The third-order valence-electron chi connectivity index (χ3n) is 2.56. The van der Waals surface area contributed by atoms with E-state index in [0.29, 0.717) is 10.4 Å². The van der Waals surface area contributed by atoms with E-state index in [1.54, 1.807) is 12.1 Å². The first-order valence-corrected chi connectivity index (χ1v) is 7.66. The maximum absolute atomic E-state index is 13.1. The van der Waals surface area contributed by atoms with Crippen LogP contribution in [0.5, 0.6) is 0 Å². The van der Waals surface area contributed by atoms with E-state index in [1.165, 1.54) is 34.8 Å². The van der Waals surface area contributed by atoms with E-state index in [9.17, 15) is 9.18 Å². The van der Waals surface area contributed by atoms with E-state index in [-0.39, 0.29) is 11.6 Å². The van der Waals surface area contributed by atoms with Crippen molar-refractivity contribution in [2.75, 3.05) is 0 Å². The number of hydrogen-bond donors (Lipinski definition) is 0. The smallest absolute Gasteiger partial charge is 0.204 e. The summed E-state index contributed by atoms with van der Waals surface area (Å²) in [5, 5.41) is 4.46. The van der Waals surface area contributed by atoms with Crippen LogP contribution in [-0.4, -0.2) is 5.78 Å². The van der Waals surface area contributed by atoms with Gasteiger partial charge in [-0.1, -0.05) is 0 Å². The standard InChI is InChI=1S/C13H6BrFOS2/c14-10-6-17-5-9(10)13(16)12-4-7-3-8(15)1-2-11(7)18-12/h1-6H. The Bertz CT molecular complexity index is 744. The summed E-state index contributed by atoms with van der Waals surface area (Å²) in [6.07, 6.45) is 0. The second kappa shape index (κ2) is 4.57. The summed E-state index contributed by atoms with van der Waals surface area (Å²) < 4.78 is 14.8. The van der Waals surface area contributed by atoms with Crippen molar-refractivity contribution in [2.24, 2.45) is 0 Å². The lowest BCUT2D eigenvalue weighted by atomic mass is 10.1. The number of carbonyl (C=O) groups excluding carboxylic acids is 1. The molecular weight excluding hydrogens is 335 g/mol. The van der Waals surface area contributed by atoms with Crippen molar-refractivity contribution in [1.29, 1.82) is 0 Å². The van der Waals surface area contributed by atoms with Gasteiger partial charge < -0.3 is 0 Å². The topological polar surface area (TPSA) is 17.1 Å². The zero-order valence-electron chi connectivity index (χ0n) is 8.94. The van der Waals surface area contributed by atoms with Crippen molar-refractivity contribution < 1.29 is 9.18 Å². The number of halogens is 2. The molecule has 0 aliphatic rings. The second-order valence-electron chi connectivity index (χ2n) is 3.76. The van der Waals surface area contributed by atoms with Crippen molar-refractivity contribution in [3.05, 3.63) is 55.8 Å². The van der Waals surface area contributed by atoms with Crippen LogP contribution in [0.4, 0.5) is 4.39 Å². The van der Waals surface area contributed by atoms with E-state index in [2.05, 4.69) is 15.9 Å². The summed E-state index contributed by atoms with van der Waals surface area (Å²) >= 11 is 6.22. The summed E-state index contributed by atoms with van der Waals surface area (Å²) in [5.41, 5.74) is 0.659. The van der Waals surface area contributed by atoms with Crippen LogP contribution >= 0.6 is 38.6 Å². The van der Waals surface area contributed by atoms with E-state index in [1.807, 2.05) is 10.8 Å². The SMILES string of the molecule is O=C(c1cc2cc(F)ccc2s1)c1cscc1Br. The Labute approximate surface area is 119 Å². The first-order valence-electron chi connectivity index (χ1n) is 5.10. The number of carbonyl (C=O) groups is 1. The fourth-order valence-corrected chi connectivity index (χ4v) is 4.15. The molecule has 0 saturated carbocycles. The minimum atomic E-state index is -0.281. The highest BCUT2D eigenvalue weighted by molar-refractivity contribution is 9.10. The molecule has 0 atom stereocenters. The molecule has 2 aromatic heterocycles. The summed E-state index contributed by atoms with van der Waals surface area (Å²) in [7, 11) is 0. The first-order chi connectivity index (χ1) is 8.65. The van der Waals surface area contributed by atoms with E-state index in [4.69, 9.17) is 0 Å². The van der Waals surface area contributed by atoms with Gasteiger partial charge in [0.25, 0.3) is 0 Å². The predicted molar refractivity (Wildman–Crippen MR) is 77.2 cm³/mol. The fourth-order valence-electron chi connectivity index (χ4n) is 1.70. The number of benzene rings is 1. The Kier molecular flexibility index (Phi) is 3.05. The number of thiophene rings is 2. The van der Waals surface area contributed by atoms with E-state index in [0.717, 1.165) is 14.6 Å². The van der Waals surface area contributed by atoms with Crippen molar-refractivity contribution in [1.82, 2.24) is 0 Å². The van der Waals surface area contributed by atoms with Gasteiger partial charge in [-0.2, -0.15) is 11.3 Å². The van der Waals surface area contributed by atoms with Gasteiger partial charge in [0.05, 0.1) is 4.88 Å². The van der Waals surface area contributed by atoms with Gasteiger partial charge in [-0.25, -0.2) is 4.39 Å². The highest BCUT2D eigenvalue weighted by Gasteiger charge is 2.16. The Morgan fingerprint density at radius 1 is 1.22 bits per heavy atom. The first kappa shape index (κ1) is 12.0. The van der Waals surface area contributed by atoms with Crippen LogP contribution in [0, 0.1) is 5.82 Å². The highest BCUT2D eigenvalue weighted by atomic mass is 79.9. The van der Waals surface area contributed by atoms with Crippen molar-refractivity contribution in [2.45, 2.75) is 0 Å². The van der Waals surface area contributed by atoms with Gasteiger partial charge in [0.1, 0.15) is 5.82 Å². The fraction of sp³-hybridized carbons (Fsp3) is 0. The van der Waals surface area contributed by atoms with Crippen LogP contribution in [-0.2, 0) is 0 Å². The molecule has 0 N–H and O–H groups in total. The molecule has 0 aliphatic heterocycles. The Morgan fingerprint density at radius 2 is 2.06 bits per heavy atom. The summed E-state index contributed by atoms with van der Waals surface area (Å²) in [5.74, 6) is -0.305. The number of ketones is 1. The quantitative estimate of drug-likeness (QED) is 0.593. The summed E-state index contributed by atoms with van der Waals surface area (Å²) in [4.78, 5) is 12.9. The van der Waals surface area contributed by atoms with Crippen LogP contribution in [0.25, 0.3) is 10.1 Å².